The molecule has 3 nitrogen and oxygen atoms in total. The van der Waals surface area contributed by atoms with Crippen LogP contribution in [-0.2, 0) is 6.42 Å². The van der Waals surface area contributed by atoms with Gasteiger partial charge in [0.2, 0.25) is 0 Å². The van der Waals surface area contributed by atoms with Gasteiger partial charge in [0.1, 0.15) is 0 Å². The predicted octanol–water partition coefficient (Wildman–Crippen LogP) is 2.80. The van der Waals surface area contributed by atoms with E-state index in [4.69, 9.17) is 15.2 Å². The highest BCUT2D eigenvalue weighted by molar-refractivity contribution is 9.10. The molecular weight excluding hydrogens is 270 g/mol. The molecule has 0 saturated heterocycles. The number of methoxy groups -OCH3 is 2. The molecule has 4 heteroatoms. The van der Waals surface area contributed by atoms with Crippen LogP contribution >= 0.6 is 15.9 Å². The Hall–Kier alpha value is -0.740. The highest BCUT2D eigenvalue weighted by atomic mass is 79.9. The Morgan fingerprint density at radius 2 is 2.12 bits per heavy atom. The molecule has 1 atom stereocenters. The average molecular weight is 286 g/mol. The molecule has 0 saturated carbocycles. The van der Waals surface area contributed by atoms with Crippen molar-refractivity contribution in [2.45, 2.75) is 25.3 Å². The number of hydrogen-bond donors (Lipinski definition) is 1. The van der Waals surface area contributed by atoms with E-state index in [1.54, 1.807) is 14.2 Å². The van der Waals surface area contributed by atoms with E-state index in [2.05, 4.69) is 15.9 Å². The fourth-order valence-corrected chi connectivity index (χ4v) is 2.94. The Morgan fingerprint density at radius 3 is 2.75 bits per heavy atom. The van der Waals surface area contributed by atoms with Gasteiger partial charge < -0.3 is 15.2 Å². The summed E-state index contributed by atoms with van der Waals surface area (Å²) in [7, 11) is 3.30. The van der Waals surface area contributed by atoms with Crippen LogP contribution in [0.1, 0.15) is 30.0 Å². The summed E-state index contributed by atoms with van der Waals surface area (Å²) in [5.41, 5.74) is 8.52. The lowest BCUT2D eigenvalue weighted by atomic mass is 9.87. The predicted molar refractivity (Wildman–Crippen MR) is 67.1 cm³/mol. The number of benzene rings is 1. The molecule has 0 aromatic heterocycles. The van der Waals surface area contributed by atoms with E-state index in [9.17, 15) is 0 Å². The summed E-state index contributed by atoms with van der Waals surface area (Å²) in [6.07, 6.45) is 3.18. The quantitative estimate of drug-likeness (QED) is 0.909. The van der Waals surface area contributed by atoms with Gasteiger partial charge in [-0.05, 0) is 30.9 Å². The number of rotatable bonds is 2. The van der Waals surface area contributed by atoms with Gasteiger partial charge >= 0.3 is 0 Å². The zero-order valence-corrected chi connectivity index (χ0v) is 11.1. The second-order valence-corrected chi connectivity index (χ2v) is 4.84. The monoisotopic (exact) mass is 285 g/mol. The number of hydrogen-bond acceptors (Lipinski definition) is 3. The molecule has 0 bridgehead atoms. The molecule has 0 amide bonds. The Bertz CT molecular complexity index is 406. The summed E-state index contributed by atoms with van der Waals surface area (Å²) >= 11 is 3.57. The Morgan fingerprint density at radius 1 is 1.38 bits per heavy atom. The Labute approximate surface area is 104 Å². The third-order valence-electron chi connectivity index (χ3n) is 3.08. The van der Waals surface area contributed by atoms with Crippen LogP contribution in [-0.4, -0.2) is 14.2 Å². The van der Waals surface area contributed by atoms with Crippen LogP contribution in [0.3, 0.4) is 0 Å². The van der Waals surface area contributed by atoms with Gasteiger partial charge in [-0.1, -0.05) is 15.9 Å². The van der Waals surface area contributed by atoms with E-state index in [-0.39, 0.29) is 6.04 Å². The Kier molecular flexibility index (Phi) is 3.40. The summed E-state index contributed by atoms with van der Waals surface area (Å²) in [6, 6.07) is 2.00. The summed E-state index contributed by atoms with van der Waals surface area (Å²) < 4.78 is 11.8. The van der Waals surface area contributed by atoms with Gasteiger partial charge in [-0.3, -0.25) is 0 Å². The molecular formula is C12H16BrNO2. The van der Waals surface area contributed by atoms with E-state index < -0.39 is 0 Å². The number of nitrogens with two attached hydrogens (primary N) is 1. The topological polar surface area (TPSA) is 44.5 Å². The minimum absolute atomic E-state index is 0.0464. The van der Waals surface area contributed by atoms with E-state index in [1.165, 1.54) is 5.56 Å². The standard InChI is InChI=1S/C12H16BrNO2/c1-15-10-6-8(13)7-4-3-5-9(14)11(7)12(10)16-2/h6,9H,3-5,14H2,1-2H3/t9-/m1/s1. The van der Waals surface area contributed by atoms with Crippen molar-refractivity contribution in [3.8, 4) is 11.5 Å². The van der Waals surface area contributed by atoms with Crippen LogP contribution in [0.4, 0.5) is 0 Å². The zero-order chi connectivity index (χ0) is 11.7. The molecule has 0 heterocycles. The van der Waals surface area contributed by atoms with Crippen LogP contribution in [0.25, 0.3) is 0 Å². The first-order chi connectivity index (χ1) is 7.69. The molecule has 0 fully saturated rings. The van der Waals surface area contributed by atoms with Crippen LogP contribution in [0.2, 0.25) is 0 Å². The highest BCUT2D eigenvalue weighted by Crippen LogP contribution is 2.44. The average Bonchev–Trinajstić information content (AvgIpc) is 2.29. The van der Waals surface area contributed by atoms with Crippen LogP contribution in [0.15, 0.2) is 10.5 Å². The number of fused-ring (bicyclic) bond motifs is 1. The van der Waals surface area contributed by atoms with Crippen molar-refractivity contribution in [1.82, 2.24) is 0 Å². The molecule has 2 rings (SSSR count). The summed E-state index contributed by atoms with van der Waals surface area (Å²) in [6.45, 7) is 0. The fourth-order valence-electron chi connectivity index (χ4n) is 2.32. The molecule has 1 aromatic rings. The molecule has 1 aliphatic rings. The molecule has 1 aliphatic carbocycles. The lowest BCUT2D eigenvalue weighted by molar-refractivity contribution is 0.345. The second-order valence-electron chi connectivity index (χ2n) is 3.98. The SMILES string of the molecule is COc1cc(Br)c2c(c1OC)[C@H](N)CCC2. The summed E-state index contributed by atoms with van der Waals surface area (Å²) in [4.78, 5) is 0. The summed E-state index contributed by atoms with van der Waals surface area (Å²) in [5, 5.41) is 0. The van der Waals surface area contributed by atoms with Gasteiger partial charge in [0.25, 0.3) is 0 Å². The minimum Gasteiger partial charge on any atom is -0.493 e. The first-order valence-electron chi connectivity index (χ1n) is 5.37. The highest BCUT2D eigenvalue weighted by Gasteiger charge is 2.26. The van der Waals surface area contributed by atoms with Gasteiger partial charge in [0.15, 0.2) is 11.5 Å². The van der Waals surface area contributed by atoms with E-state index in [0.29, 0.717) is 0 Å². The van der Waals surface area contributed by atoms with Crippen molar-refractivity contribution in [3.05, 3.63) is 21.7 Å². The van der Waals surface area contributed by atoms with E-state index in [1.807, 2.05) is 6.07 Å². The zero-order valence-electron chi connectivity index (χ0n) is 9.55. The summed E-state index contributed by atoms with van der Waals surface area (Å²) in [5.74, 6) is 1.53. The van der Waals surface area contributed by atoms with Gasteiger partial charge in [0, 0.05) is 16.1 Å². The molecule has 0 aliphatic heterocycles. The van der Waals surface area contributed by atoms with Gasteiger partial charge in [-0.2, -0.15) is 0 Å². The van der Waals surface area contributed by atoms with Gasteiger partial charge in [0.05, 0.1) is 14.2 Å². The van der Waals surface area contributed by atoms with Crippen molar-refractivity contribution >= 4 is 15.9 Å². The van der Waals surface area contributed by atoms with E-state index >= 15 is 0 Å². The van der Waals surface area contributed by atoms with Crippen molar-refractivity contribution < 1.29 is 9.47 Å². The maximum atomic E-state index is 6.16. The van der Waals surface area contributed by atoms with Crippen LogP contribution < -0.4 is 15.2 Å². The van der Waals surface area contributed by atoms with Gasteiger partial charge in [-0.15, -0.1) is 0 Å². The molecule has 0 radical (unpaired) electrons. The second kappa shape index (κ2) is 4.63. The molecule has 0 spiro atoms. The normalized spacial score (nSPS) is 19.1. The van der Waals surface area contributed by atoms with Crippen LogP contribution in [0.5, 0.6) is 11.5 Å². The maximum absolute atomic E-state index is 6.16. The molecule has 2 N–H and O–H groups in total. The van der Waals surface area contributed by atoms with Crippen LogP contribution in [0, 0.1) is 0 Å². The molecule has 1 aromatic carbocycles. The first kappa shape index (κ1) is 11.7. The van der Waals surface area contributed by atoms with Crippen molar-refractivity contribution in [2.24, 2.45) is 5.73 Å². The lowest BCUT2D eigenvalue weighted by Gasteiger charge is -2.26. The van der Waals surface area contributed by atoms with Gasteiger partial charge in [-0.25, -0.2) is 0 Å². The third-order valence-corrected chi connectivity index (χ3v) is 3.78. The third kappa shape index (κ3) is 1.80. The van der Waals surface area contributed by atoms with Crippen molar-refractivity contribution in [1.29, 1.82) is 0 Å². The first-order valence-corrected chi connectivity index (χ1v) is 6.17. The molecule has 88 valence electrons. The number of halogens is 1. The molecule has 16 heavy (non-hydrogen) atoms. The minimum atomic E-state index is 0.0464. The fraction of sp³-hybridized carbons (Fsp3) is 0.500. The van der Waals surface area contributed by atoms with Crippen molar-refractivity contribution in [3.63, 3.8) is 0 Å². The maximum Gasteiger partial charge on any atom is 0.165 e. The lowest BCUT2D eigenvalue weighted by Crippen LogP contribution is -2.19. The Balaban J connectivity index is 2.65. The van der Waals surface area contributed by atoms with E-state index in [0.717, 1.165) is 40.8 Å². The van der Waals surface area contributed by atoms with Crippen molar-refractivity contribution in [2.75, 3.05) is 14.2 Å². The number of ether oxygens (including phenoxy) is 2. The largest absolute Gasteiger partial charge is 0.493 e. The smallest absolute Gasteiger partial charge is 0.165 e. The molecule has 0 unspecified atom stereocenters.